The Kier molecular flexibility index (Phi) is 8.48. The Morgan fingerprint density at radius 3 is 2.29 bits per heavy atom. The number of nitrogens with one attached hydrogen (secondary N) is 1. The van der Waals surface area contributed by atoms with Gasteiger partial charge in [0.1, 0.15) is 5.75 Å². The van der Waals surface area contributed by atoms with Crippen LogP contribution in [0.3, 0.4) is 0 Å². The van der Waals surface area contributed by atoms with Crippen molar-refractivity contribution in [2.24, 2.45) is 0 Å². The molecule has 200 valence electrons. The van der Waals surface area contributed by atoms with E-state index in [-0.39, 0.29) is 23.1 Å². The van der Waals surface area contributed by atoms with Crippen molar-refractivity contribution in [2.75, 3.05) is 37.0 Å². The molecule has 0 unspecified atom stereocenters. The minimum Gasteiger partial charge on any atom is -0.497 e. The van der Waals surface area contributed by atoms with Crippen molar-refractivity contribution < 1.29 is 22.7 Å². The molecule has 9 heteroatoms. The molecule has 3 aromatic carbocycles. The molecule has 2 amide bonds. The molecule has 0 bridgehead atoms. The van der Waals surface area contributed by atoms with E-state index in [4.69, 9.17) is 4.74 Å². The van der Waals surface area contributed by atoms with Gasteiger partial charge >= 0.3 is 0 Å². The molecule has 0 saturated carbocycles. The molecule has 0 spiro atoms. The molecule has 8 nitrogen and oxygen atoms in total. The van der Waals surface area contributed by atoms with Crippen LogP contribution in [0.4, 0.5) is 11.4 Å². The molecule has 0 atom stereocenters. The van der Waals surface area contributed by atoms with E-state index in [0.29, 0.717) is 43.1 Å². The van der Waals surface area contributed by atoms with Gasteiger partial charge in [0.15, 0.2) is 0 Å². The highest BCUT2D eigenvalue weighted by Gasteiger charge is 2.26. The normalized spacial score (nSPS) is 12.9. The van der Waals surface area contributed by atoms with Crippen molar-refractivity contribution in [1.82, 2.24) is 4.31 Å². The molecule has 1 heterocycles. The molecule has 0 radical (unpaired) electrons. The van der Waals surface area contributed by atoms with E-state index in [0.717, 1.165) is 23.2 Å². The fourth-order valence-corrected chi connectivity index (χ4v) is 6.04. The van der Waals surface area contributed by atoms with Gasteiger partial charge in [0.05, 0.1) is 12.0 Å². The topological polar surface area (TPSA) is 96.0 Å². The summed E-state index contributed by atoms with van der Waals surface area (Å²) in [6.45, 7) is 5.03. The van der Waals surface area contributed by atoms with Crippen LogP contribution in [0.25, 0.3) is 0 Å². The minimum atomic E-state index is -3.51. The average molecular weight is 536 g/mol. The first-order valence-corrected chi connectivity index (χ1v) is 14.2. The van der Waals surface area contributed by atoms with E-state index < -0.39 is 10.0 Å². The molecule has 38 heavy (non-hydrogen) atoms. The lowest BCUT2D eigenvalue weighted by molar-refractivity contribution is -0.116. The van der Waals surface area contributed by atoms with Gasteiger partial charge in [0.2, 0.25) is 15.9 Å². The fourth-order valence-electron chi connectivity index (χ4n) is 4.58. The number of ether oxygens (including phenoxy) is 1. The van der Waals surface area contributed by atoms with Crippen LogP contribution in [0.5, 0.6) is 5.75 Å². The van der Waals surface area contributed by atoms with Gasteiger partial charge in [0.25, 0.3) is 5.91 Å². The summed E-state index contributed by atoms with van der Waals surface area (Å²) < 4.78 is 31.9. The summed E-state index contributed by atoms with van der Waals surface area (Å²) in [5.74, 6) is 0.436. The largest absolute Gasteiger partial charge is 0.497 e. The molecule has 0 fully saturated rings. The Hall–Kier alpha value is -3.69. The van der Waals surface area contributed by atoms with Crippen molar-refractivity contribution in [3.8, 4) is 5.75 Å². The number of aryl methyl sites for hydroxylation is 1. The third-order valence-corrected chi connectivity index (χ3v) is 8.82. The number of carbonyl (C=O) groups excluding carboxylic acids is 2. The number of methoxy groups -OCH3 is 1. The van der Waals surface area contributed by atoms with Crippen LogP contribution in [0.15, 0.2) is 71.6 Å². The maximum Gasteiger partial charge on any atom is 0.258 e. The molecule has 0 saturated heterocycles. The second-order valence-corrected chi connectivity index (χ2v) is 11.0. The minimum absolute atomic E-state index is 0.0960. The summed E-state index contributed by atoms with van der Waals surface area (Å²) in [4.78, 5) is 27.8. The Labute approximate surface area is 224 Å². The molecule has 3 aromatic rings. The predicted molar refractivity (Wildman–Crippen MR) is 148 cm³/mol. The Bertz CT molecular complexity index is 1400. The second kappa shape index (κ2) is 11.8. The maximum atomic E-state index is 13.1. The molecule has 0 aromatic heterocycles. The SMILES string of the molecule is CCN(CC)S(=O)(=O)c1ccc(CCC(=O)Nc2ccc3c(c2)N(C(=O)c2ccc(OC)cc2)CC3)cc1. The third kappa shape index (κ3) is 5.89. The van der Waals surface area contributed by atoms with Crippen LogP contribution >= 0.6 is 0 Å². The van der Waals surface area contributed by atoms with E-state index >= 15 is 0 Å². The van der Waals surface area contributed by atoms with Gasteiger partial charge in [-0.3, -0.25) is 9.59 Å². The number of anilines is 2. The fraction of sp³-hybridized carbons (Fsp3) is 0.310. The Balaban J connectivity index is 1.37. The summed E-state index contributed by atoms with van der Waals surface area (Å²) in [5, 5.41) is 2.93. The molecule has 4 rings (SSSR count). The first kappa shape index (κ1) is 27.3. The zero-order valence-corrected chi connectivity index (χ0v) is 22.8. The van der Waals surface area contributed by atoms with Gasteiger partial charge in [0, 0.05) is 43.0 Å². The zero-order valence-electron chi connectivity index (χ0n) is 21.9. The third-order valence-electron chi connectivity index (χ3n) is 6.75. The molecule has 1 aliphatic rings. The van der Waals surface area contributed by atoms with Crippen molar-refractivity contribution in [3.05, 3.63) is 83.4 Å². The lowest BCUT2D eigenvalue weighted by Crippen LogP contribution is -2.30. The lowest BCUT2D eigenvalue weighted by atomic mass is 10.1. The lowest BCUT2D eigenvalue weighted by Gasteiger charge is -2.19. The number of sulfonamides is 1. The zero-order chi connectivity index (χ0) is 27.3. The van der Waals surface area contributed by atoms with Crippen molar-refractivity contribution in [3.63, 3.8) is 0 Å². The maximum absolute atomic E-state index is 13.1. The highest BCUT2D eigenvalue weighted by atomic mass is 32.2. The van der Waals surface area contributed by atoms with Crippen LogP contribution < -0.4 is 15.0 Å². The number of nitrogens with zero attached hydrogens (tertiary/aromatic N) is 2. The van der Waals surface area contributed by atoms with Gasteiger partial charge in [-0.05, 0) is 72.5 Å². The van der Waals surface area contributed by atoms with Crippen LogP contribution in [0, 0.1) is 0 Å². The highest BCUT2D eigenvalue weighted by molar-refractivity contribution is 7.89. The molecule has 1 aliphatic heterocycles. The van der Waals surface area contributed by atoms with E-state index in [1.807, 2.05) is 32.0 Å². The number of carbonyl (C=O) groups is 2. The number of fused-ring (bicyclic) bond motifs is 1. The van der Waals surface area contributed by atoms with Crippen LogP contribution in [0.2, 0.25) is 0 Å². The second-order valence-electron chi connectivity index (χ2n) is 9.06. The summed E-state index contributed by atoms with van der Waals surface area (Å²) >= 11 is 0. The Morgan fingerprint density at radius 2 is 1.66 bits per heavy atom. The van der Waals surface area contributed by atoms with Gasteiger partial charge in [-0.2, -0.15) is 4.31 Å². The van der Waals surface area contributed by atoms with Crippen LogP contribution in [-0.2, 0) is 27.7 Å². The number of benzene rings is 3. The van der Waals surface area contributed by atoms with Gasteiger partial charge in [-0.25, -0.2) is 8.42 Å². The van der Waals surface area contributed by atoms with Crippen molar-refractivity contribution in [2.45, 2.75) is 38.0 Å². The van der Waals surface area contributed by atoms with E-state index in [1.54, 1.807) is 60.5 Å². The summed E-state index contributed by atoms with van der Waals surface area (Å²) in [5.41, 5.74) is 3.94. The predicted octanol–water partition coefficient (Wildman–Crippen LogP) is 4.50. The van der Waals surface area contributed by atoms with Crippen LogP contribution in [-0.4, -0.2) is 51.3 Å². The van der Waals surface area contributed by atoms with Crippen molar-refractivity contribution in [1.29, 1.82) is 0 Å². The van der Waals surface area contributed by atoms with Gasteiger partial charge < -0.3 is 15.0 Å². The number of hydrogen-bond donors (Lipinski definition) is 1. The monoisotopic (exact) mass is 535 g/mol. The summed E-state index contributed by atoms with van der Waals surface area (Å²) in [6.07, 6.45) is 1.48. The summed E-state index contributed by atoms with van der Waals surface area (Å²) in [7, 11) is -1.92. The average Bonchev–Trinajstić information content (AvgIpc) is 3.35. The van der Waals surface area contributed by atoms with Crippen molar-refractivity contribution >= 4 is 33.2 Å². The van der Waals surface area contributed by atoms with Crippen LogP contribution in [0.1, 0.15) is 41.8 Å². The number of amides is 2. The Morgan fingerprint density at radius 1 is 0.974 bits per heavy atom. The molecule has 1 N–H and O–H groups in total. The van der Waals surface area contributed by atoms with E-state index in [1.165, 1.54) is 4.31 Å². The van der Waals surface area contributed by atoms with E-state index in [2.05, 4.69) is 5.32 Å². The molecular weight excluding hydrogens is 502 g/mol. The number of hydrogen-bond acceptors (Lipinski definition) is 5. The first-order chi connectivity index (χ1) is 18.3. The molecule has 0 aliphatic carbocycles. The highest BCUT2D eigenvalue weighted by Crippen LogP contribution is 2.32. The number of rotatable bonds is 10. The first-order valence-electron chi connectivity index (χ1n) is 12.7. The van der Waals surface area contributed by atoms with Gasteiger partial charge in [-0.15, -0.1) is 0 Å². The van der Waals surface area contributed by atoms with E-state index in [9.17, 15) is 18.0 Å². The summed E-state index contributed by atoms with van der Waals surface area (Å²) in [6, 6.07) is 19.3. The smallest absolute Gasteiger partial charge is 0.258 e. The standard InChI is InChI=1S/C29H33N3O5S/c1-4-31(5-2)38(35,36)26-15-6-21(7-16-26)8-17-28(33)30-24-12-9-22-18-19-32(27(22)20-24)29(34)23-10-13-25(37-3)14-11-23/h6-7,9-16,20H,4-5,8,17-19H2,1-3H3,(H,30,33). The molecular formula is C29H33N3O5S. The quantitative estimate of drug-likeness (QED) is 0.412. The van der Waals surface area contributed by atoms with Gasteiger partial charge in [-0.1, -0.05) is 32.0 Å².